The van der Waals surface area contributed by atoms with Crippen LogP contribution in [-0.2, 0) is 6.54 Å². The lowest BCUT2D eigenvalue weighted by molar-refractivity contribution is 0.169. The van der Waals surface area contributed by atoms with Crippen molar-refractivity contribution < 1.29 is 5.11 Å². The van der Waals surface area contributed by atoms with Gasteiger partial charge in [-0.3, -0.25) is 14.3 Å². The maximum absolute atomic E-state index is 12.8. The molecule has 1 aromatic carbocycles. The molecule has 144 valence electrons. The zero-order valence-electron chi connectivity index (χ0n) is 16.1. The minimum absolute atomic E-state index is 0.0773. The van der Waals surface area contributed by atoms with Gasteiger partial charge in [-0.1, -0.05) is 30.3 Å². The highest BCUT2D eigenvalue weighted by molar-refractivity contribution is 5.60. The van der Waals surface area contributed by atoms with Gasteiger partial charge in [0.2, 0.25) is 5.95 Å². The van der Waals surface area contributed by atoms with Crippen molar-refractivity contribution in [3.8, 4) is 11.3 Å². The van der Waals surface area contributed by atoms with Gasteiger partial charge >= 0.3 is 0 Å². The fraction of sp³-hybridized carbons (Fsp3) is 0.318. The molecule has 1 N–H and O–H groups in total. The highest BCUT2D eigenvalue weighted by atomic mass is 16.3. The Bertz CT molecular complexity index is 1020. The van der Waals surface area contributed by atoms with Gasteiger partial charge < -0.3 is 10.0 Å². The molecule has 0 saturated carbocycles. The Morgan fingerprint density at radius 2 is 1.86 bits per heavy atom. The molecule has 3 aromatic rings. The number of hydrogen-bond donors (Lipinski definition) is 1. The number of rotatable bonds is 4. The molecule has 2 aromatic heterocycles. The fourth-order valence-corrected chi connectivity index (χ4v) is 3.65. The molecular weight excluding hydrogens is 352 g/mol. The molecule has 4 rings (SSSR count). The Kier molecular flexibility index (Phi) is 4.73. The van der Waals surface area contributed by atoms with Gasteiger partial charge in [0.1, 0.15) is 0 Å². The summed E-state index contributed by atoms with van der Waals surface area (Å²) in [5.41, 5.74) is 2.01. The van der Waals surface area contributed by atoms with Crippen molar-refractivity contribution in [1.82, 2.24) is 14.5 Å². The summed E-state index contributed by atoms with van der Waals surface area (Å²) in [7, 11) is 0. The van der Waals surface area contributed by atoms with Crippen LogP contribution in [0.4, 0.5) is 5.95 Å². The number of β-amino-alcohol motifs (C(OH)–C–C–N with tert-alkyl or cyclic N) is 1. The number of anilines is 1. The molecule has 28 heavy (non-hydrogen) atoms. The first kappa shape index (κ1) is 18.4. The summed E-state index contributed by atoms with van der Waals surface area (Å²) < 4.78 is 1.70. The van der Waals surface area contributed by atoms with E-state index in [2.05, 4.69) is 23.7 Å². The molecule has 1 atom stereocenters. The smallest absolute Gasteiger partial charge is 0.255 e. The second-order valence-electron chi connectivity index (χ2n) is 7.77. The molecule has 0 aliphatic carbocycles. The van der Waals surface area contributed by atoms with E-state index in [0.29, 0.717) is 24.7 Å². The highest BCUT2D eigenvalue weighted by Crippen LogP contribution is 2.33. The quantitative estimate of drug-likeness (QED) is 0.758. The van der Waals surface area contributed by atoms with Gasteiger partial charge in [-0.05, 0) is 38.0 Å². The lowest BCUT2D eigenvalue weighted by Gasteiger charge is -2.45. The van der Waals surface area contributed by atoms with Crippen LogP contribution in [-0.4, -0.2) is 31.7 Å². The number of nitrogens with zero attached hydrogens (tertiary/aromatic N) is 4. The molecule has 1 aliphatic rings. The molecule has 0 spiro atoms. The Labute approximate surface area is 164 Å². The lowest BCUT2D eigenvalue weighted by atomic mass is 9.95. The van der Waals surface area contributed by atoms with E-state index >= 15 is 0 Å². The lowest BCUT2D eigenvalue weighted by Crippen LogP contribution is -2.53. The number of pyridine rings is 1. The van der Waals surface area contributed by atoms with E-state index in [1.54, 1.807) is 23.0 Å². The van der Waals surface area contributed by atoms with Crippen LogP contribution < -0.4 is 10.5 Å². The average Bonchev–Trinajstić information content (AvgIpc) is 2.71. The molecule has 0 fully saturated rings. The van der Waals surface area contributed by atoms with E-state index in [4.69, 9.17) is 4.98 Å². The van der Waals surface area contributed by atoms with Gasteiger partial charge in [0.25, 0.3) is 5.56 Å². The molecule has 6 nitrogen and oxygen atoms in total. The normalized spacial score (nSPS) is 16.5. The molecule has 0 radical (unpaired) electrons. The van der Waals surface area contributed by atoms with Gasteiger partial charge in [0.15, 0.2) is 0 Å². The van der Waals surface area contributed by atoms with Crippen LogP contribution in [0, 0.1) is 0 Å². The van der Waals surface area contributed by atoms with Crippen LogP contribution in [0.5, 0.6) is 0 Å². The van der Waals surface area contributed by atoms with Crippen molar-refractivity contribution in [2.75, 3.05) is 11.4 Å². The molecule has 6 heteroatoms. The number of aromatic nitrogens is 3. The molecular formula is C22H24N4O2. The van der Waals surface area contributed by atoms with E-state index in [1.807, 2.05) is 42.5 Å². The maximum atomic E-state index is 12.8. The summed E-state index contributed by atoms with van der Waals surface area (Å²) in [6, 6.07) is 14.8. The van der Waals surface area contributed by atoms with Crippen molar-refractivity contribution in [2.45, 2.75) is 38.5 Å². The summed E-state index contributed by atoms with van der Waals surface area (Å²) in [4.78, 5) is 23.7. The van der Waals surface area contributed by atoms with Crippen LogP contribution >= 0.6 is 0 Å². The molecule has 0 saturated heterocycles. The monoisotopic (exact) mass is 376 g/mol. The van der Waals surface area contributed by atoms with Crippen molar-refractivity contribution in [1.29, 1.82) is 0 Å². The number of fused-ring (bicyclic) bond motifs is 1. The second-order valence-corrected chi connectivity index (χ2v) is 7.77. The third kappa shape index (κ3) is 3.43. The van der Waals surface area contributed by atoms with Crippen LogP contribution in [0.25, 0.3) is 11.3 Å². The van der Waals surface area contributed by atoms with Crippen LogP contribution in [0.15, 0.2) is 65.7 Å². The summed E-state index contributed by atoms with van der Waals surface area (Å²) >= 11 is 0. The van der Waals surface area contributed by atoms with Crippen LogP contribution in [0.1, 0.15) is 31.9 Å². The van der Waals surface area contributed by atoms with Gasteiger partial charge in [-0.2, -0.15) is 0 Å². The summed E-state index contributed by atoms with van der Waals surface area (Å²) in [6.07, 6.45) is 3.51. The van der Waals surface area contributed by atoms with Crippen molar-refractivity contribution >= 4 is 5.95 Å². The number of aliphatic hydroxyl groups excluding tert-OH is 1. The van der Waals surface area contributed by atoms with Gasteiger partial charge in [0, 0.05) is 36.1 Å². The Hall–Kier alpha value is -2.99. The van der Waals surface area contributed by atoms with Gasteiger partial charge in [-0.25, -0.2) is 4.98 Å². The Morgan fingerprint density at radius 1 is 1.14 bits per heavy atom. The third-order valence-electron chi connectivity index (χ3n) is 5.42. The van der Waals surface area contributed by atoms with Gasteiger partial charge in [-0.15, -0.1) is 0 Å². The average molecular weight is 376 g/mol. The summed E-state index contributed by atoms with van der Waals surface area (Å²) in [5, 5.41) is 10.8. The molecule has 1 unspecified atom stereocenters. The molecule has 3 heterocycles. The first-order valence-electron chi connectivity index (χ1n) is 9.49. The predicted molar refractivity (Wildman–Crippen MR) is 109 cm³/mol. The predicted octanol–water partition coefficient (Wildman–Crippen LogP) is 3.03. The first-order chi connectivity index (χ1) is 13.5. The van der Waals surface area contributed by atoms with E-state index < -0.39 is 6.10 Å². The third-order valence-corrected chi connectivity index (χ3v) is 5.42. The van der Waals surface area contributed by atoms with Gasteiger partial charge in [0.05, 0.1) is 18.3 Å². The zero-order valence-corrected chi connectivity index (χ0v) is 16.1. The van der Waals surface area contributed by atoms with E-state index in [1.165, 1.54) is 0 Å². The number of benzene rings is 1. The Balaban J connectivity index is 1.77. The van der Waals surface area contributed by atoms with Crippen LogP contribution in [0.3, 0.4) is 0 Å². The standard InChI is InChI=1S/C22H24N4O2/c1-22(2)10-13-25-20(28)14-18(16-8-11-23-12-9-16)24-21(25)26(22)15-19(27)17-6-4-3-5-7-17/h3-9,11-12,14,19,27H,10,13,15H2,1-2H3. The maximum Gasteiger partial charge on any atom is 0.255 e. The largest absolute Gasteiger partial charge is 0.387 e. The zero-order chi connectivity index (χ0) is 19.7. The topological polar surface area (TPSA) is 71.2 Å². The molecule has 0 bridgehead atoms. The van der Waals surface area contributed by atoms with Crippen molar-refractivity contribution in [3.05, 3.63) is 76.8 Å². The second kappa shape index (κ2) is 7.20. The minimum Gasteiger partial charge on any atom is -0.387 e. The summed E-state index contributed by atoms with van der Waals surface area (Å²) in [5.74, 6) is 0.602. The highest BCUT2D eigenvalue weighted by Gasteiger charge is 2.36. The molecule has 1 aliphatic heterocycles. The van der Waals surface area contributed by atoms with Crippen LogP contribution in [0.2, 0.25) is 0 Å². The Morgan fingerprint density at radius 3 is 2.57 bits per heavy atom. The van der Waals surface area contributed by atoms with E-state index in [9.17, 15) is 9.90 Å². The summed E-state index contributed by atoms with van der Waals surface area (Å²) in [6.45, 7) is 5.23. The molecule has 0 amide bonds. The number of aliphatic hydroxyl groups is 1. The number of hydrogen-bond acceptors (Lipinski definition) is 5. The first-order valence-corrected chi connectivity index (χ1v) is 9.49. The fourth-order valence-electron chi connectivity index (χ4n) is 3.65. The SMILES string of the molecule is CC1(C)CCn2c(nc(-c3ccncc3)cc2=O)N1CC(O)c1ccccc1. The van der Waals surface area contributed by atoms with E-state index in [0.717, 1.165) is 17.5 Å². The van der Waals surface area contributed by atoms with E-state index in [-0.39, 0.29) is 11.1 Å². The van der Waals surface area contributed by atoms with Crippen molar-refractivity contribution in [3.63, 3.8) is 0 Å². The minimum atomic E-state index is -0.673. The van der Waals surface area contributed by atoms with Crippen molar-refractivity contribution in [2.24, 2.45) is 0 Å².